The highest BCUT2D eigenvalue weighted by atomic mass is 28.5. The summed E-state index contributed by atoms with van der Waals surface area (Å²) in [5.41, 5.74) is 2.69. The predicted octanol–water partition coefficient (Wildman–Crippen LogP) is 0.490. The van der Waals surface area contributed by atoms with Gasteiger partial charge in [0, 0.05) is 15.6 Å². The lowest BCUT2D eigenvalue weighted by molar-refractivity contribution is 0.0928. The first-order valence-electron chi connectivity index (χ1n) is 9.61. The zero-order chi connectivity index (χ0) is 21.6. The molecule has 0 amide bonds. The Bertz CT molecular complexity index is 947. The fourth-order valence-electron chi connectivity index (χ4n) is 3.50. The van der Waals surface area contributed by atoms with Crippen molar-refractivity contribution in [3.05, 3.63) is 89.5 Å². The van der Waals surface area contributed by atoms with Crippen molar-refractivity contribution in [3.8, 4) is 0 Å². The van der Waals surface area contributed by atoms with Crippen molar-refractivity contribution in [2.75, 3.05) is 0 Å². The van der Waals surface area contributed by atoms with Gasteiger partial charge in [0.25, 0.3) is 0 Å². The normalized spacial score (nSPS) is 29.0. The summed E-state index contributed by atoms with van der Waals surface area (Å²) in [7, 11) is -12.7. The minimum atomic E-state index is -4.22. The molecule has 0 aliphatic carbocycles. The van der Waals surface area contributed by atoms with Gasteiger partial charge in [0.15, 0.2) is 0 Å². The molecule has 9 heteroatoms. The van der Waals surface area contributed by atoms with Gasteiger partial charge in [0.05, 0.1) is 0 Å². The zero-order valence-corrected chi connectivity index (χ0v) is 20.0. The van der Waals surface area contributed by atoms with Crippen LogP contribution in [0.3, 0.4) is 0 Å². The van der Waals surface area contributed by atoms with Crippen molar-refractivity contribution >= 4 is 42.0 Å². The molecule has 0 aromatic heterocycles. The van der Waals surface area contributed by atoms with Crippen LogP contribution in [0.1, 0.15) is 16.7 Å². The van der Waals surface area contributed by atoms with Gasteiger partial charge >= 0.3 is 26.4 Å². The molecule has 1 aliphatic heterocycles. The van der Waals surface area contributed by atoms with Gasteiger partial charge in [-0.25, -0.2) is 0 Å². The van der Waals surface area contributed by atoms with Crippen molar-refractivity contribution in [2.24, 2.45) is 0 Å². The summed E-state index contributed by atoms with van der Waals surface area (Å²) in [6.07, 6.45) is 0. The molecule has 1 heterocycles. The second-order valence-electron chi connectivity index (χ2n) is 7.66. The molecule has 156 valence electrons. The number of rotatable bonds is 3. The highest BCUT2D eigenvalue weighted by Crippen LogP contribution is 2.27. The van der Waals surface area contributed by atoms with E-state index < -0.39 is 26.4 Å². The highest BCUT2D eigenvalue weighted by Gasteiger charge is 2.67. The molecule has 3 aromatic rings. The van der Waals surface area contributed by atoms with Crippen molar-refractivity contribution in [3.63, 3.8) is 0 Å². The van der Waals surface area contributed by atoms with E-state index in [1.54, 1.807) is 54.6 Å². The minimum absolute atomic E-state index is 0.406. The number of hydrogen-bond donors (Lipinski definition) is 3. The van der Waals surface area contributed by atoms with Gasteiger partial charge in [-0.2, -0.15) is 0 Å². The third kappa shape index (κ3) is 3.99. The first kappa shape index (κ1) is 21.3. The zero-order valence-electron chi connectivity index (χ0n) is 17.0. The Kier molecular flexibility index (Phi) is 5.43. The molecule has 3 N–H and O–H groups in total. The first-order valence-corrected chi connectivity index (χ1v) is 14.9. The van der Waals surface area contributed by atoms with Crippen LogP contribution in [0.2, 0.25) is 0 Å². The quantitative estimate of drug-likeness (QED) is 0.497. The molecule has 30 heavy (non-hydrogen) atoms. The van der Waals surface area contributed by atoms with E-state index in [2.05, 4.69) is 0 Å². The Hall–Kier alpha value is -1.93. The van der Waals surface area contributed by atoms with Crippen LogP contribution in [0.15, 0.2) is 72.8 Å². The predicted molar refractivity (Wildman–Crippen MR) is 120 cm³/mol. The van der Waals surface area contributed by atoms with Crippen LogP contribution in [-0.4, -0.2) is 40.8 Å². The van der Waals surface area contributed by atoms with Gasteiger partial charge in [-0.3, -0.25) is 0 Å². The van der Waals surface area contributed by atoms with Crippen LogP contribution in [0.25, 0.3) is 0 Å². The van der Waals surface area contributed by atoms with Crippen molar-refractivity contribution in [1.29, 1.82) is 0 Å². The summed E-state index contributed by atoms with van der Waals surface area (Å²) < 4.78 is 17.7. The molecule has 0 spiro atoms. The van der Waals surface area contributed by atoms with Crippen LogP contribution in [-0.2, 0) is 12.3 Å². The molecule has 0 bridgehead atoms. The van der Waals surface area contributed by atoms with E-state index >= 15 is 0 Å². The second kappa shape index (κ2) is 7.64. The fourth-order valence-corrected chi connectivity index (χ4v) is 14.6. The summed E-state index contributed by atoms with van der Waals surface area (Å²) in [5, 5.41) is 1.22. The van der Waals surface area contributed by atoms with E-state index in [1.165, 1.54) is 0 Å². The Morgan fingerprint density at radius 1 is 0.500 bits per heavy atom. The lowest BCUT2D eigenvalue weighted by Crippen LogP contribution is -2.80. The minimum Gasteiger partial charge on any atom is -0.387 e. The maximum atomic E-state index is 11.6. The van der Waals surface area contributed by atoms with Crippen LogP contribution in [0, 0.1) is 20.8 Å². The highest BCUT2D eigenvalue weighted by molar-refractivity contribution is 6.99. The summed E-state index contributed by atoms with van der Waals surface area (Å²) in [5.74, 6) is 0. The van der Waals surface area contributed by atoms with Gasteiger partial charge in [0.2, 0.25) is 0 Å². The first-order chi connectivity index (χ1) is 14.1. The van der Waals surface area contributed by atoms with E-state index in [0.29, 0.717) is 15.6 Å². The monoisotopic (exact) mass is 456 g/mol. The van der Waals surface area contributed by atoms with Gasteiger partial charge in [-0.15, -0.1) is 0 Å². The van der Waals surface area contributed by atoms with Crippen LogP contribution in [0.4, 0.5) is 0 Å². The molecular weight excluding hydrogens is 432 g/mol. The molecular formula is C21H24O6Si3. The lowest BCUT2D eigenvalue weighted by Gasteiger charge is -2.44. The van der Waals surface area contributed by atoms with E-state index in [4.69, 9.17) is 12.3 Å². The SMILES string of the molecule is Cc1cccc([Si]2(O)O[Si](O)(c3cccc(C)c3)O[Si](O)(c3cccc(C)c3)O2)c1. The Morgan fingerprint density at radius 2 is 0.767 bits per heavy atom. The van der Waals surface area contributed by atoms with Gasteiger partial charge in [-0.05, 0) is 20.8 Å². The molecule has 1 saturated heterocycles. The maximum absolute atomic E-state index is 11.6. The third-order valence-electron chi connectivity index (χ3n) is 4.98. The van der Waals surface area contributed by atoms with Crippen molar-refractivity contribution in [1.82, 2.24) is 0 Å². The molecule has 0 unspecified atom stereocenters. The van der Waals surface area contributed by atoms with Gasteiger partial charge in [-0.1, -0.05) is 89.5 Å². The summed E-state index contributed by atoms with van der Waals surface area (Å²) in [6.45, 7) is 5.65. The Labute approximate surface area is 179 Å². The molecule has 1 aliphatic rings. The number of benzene rings is 3. The average Bonchev–Trinajstić information content (AvgIpc) is 2.67. The van der Waals surface area contributed by atoms with Crippen molar-refractivity contribution < 1.29 is 26.7 Å². The molecule has 3 aromatic carbocycles. The summed E-state index contributed by atoms with van der Waals surface area (Å²) >= 11 is 0. The molecule has 6 nitrogen and oxygen atoms in total. The average molecular weight is 457 g/mol. The molecule has 0 saturated carbocycles. The second-order valence-corrected chi connectivity index (χ2v) is 15.3. The topological polar surface area (TPSA) is 88.4 Å². The molecule has 1 fully saturated rings. The smallest absolute Gasteiger partial charge is 0.387 e. The third-order valence-corrected chi connectivity index (χ3v) is 14.7. The summed E-state index contributed by atoms with van der Waals surface area (Å²) in [4.78, 5) is 34.7. The summed E-state index contributed by atoms with van der Waals surface area (Å²) in [6, 6.07) is 21.3. The van der Waals surface area contributed by atoms with Gasteiger partial charge < -0.3 is 26.7 Å². The largest absolute Gasteiger partial charge is 0.520 e. The van der Waals surface area contributed by atoms with E-state index in [-0.39, 0.29) is 0 Å². The van der Waals surface area contributed by atoms with E-state index in [9.17, 15) is 14.4 Å². The Morgan fingerprint density at radius 3 is 1.00 bits per heavy atom. The Balaban J connectivity index is 1.88. The molecule has 0 atom stereocenters. The number of aryl methyl sites for hydroxylation is 3. The van der Waals surface area contributed by atoms with E-state index in [0.717, 1.165) is 16.7 Å². The molecule has 4 rings (SSSR count). The standard InChI is InChI=1S/C21H24O6Si3/c1-16-7-4-10-19(13-16)28(22)25-29(23,20-11-5-8-17(2)14-20)27-30(24,26-28)21-12-6-9-18(3)15-21/h4-15,22-24H,1-3H3. The van der Waals surface area contributed by atoms with Crippen LogP contribution in [0.5, 0.6) is 0 Å². The number of hydrogen-bond acceptors (Lipinski definition) is 6. The van der Waals surface area contributed by atoms with Gasteiger partial charge in [0.1, 0.15) is 0 Å². The lowest BCUT2D eigenvalue weighted by atomic mass is 10.2. The van der Waals surface area contributed by atoms with Crippen molar-refractivity contribution in [2.45, 2.75) is 20.8 Å². The van der Waals surface area contributed by atoms with E-state index in [1.807, 2.05) is 39.0 Å². The fraction of sp³-hybridized carbons (Fsp3) is 0.143. The van der Waals surface area contributed by atoms with Crippen LogP contribution < -0.4 is 15.6 Å². The van der Waals surface area contributed by atoms with Crippen LogP contribution >= 0.6 is 0 Å². The maximum Gasteiger partial charge on any atom is 0.520 e. The molecule has 0 radical (unpaired) electrons.